The SMILES string of the molecule is CC(C)(C)c1ccc(Nc2nc(-c3ccc4cc[nH]c4c3)cn3ccnc23)cc1. The van der Waals surface area contributed by atoms with Crippen LogP contribution in [-0.4, -0.2) is 19.4 Å². The molecule has 0 atom stereocenters. The molecule has 0 amide bonds. The molecule has 0 aliphatic carbocycles. The van der Waals surface area contributed by atoms with Crippen molar-refractivity contribution >= 4 is 28.1 Å². The Morgan fingerprint density at radius 3 is 2.62 bits per heavy atom. The molecule has 0 fully saturated rings. The maximum absolute atomic E-state index is 4.89. The lowest BCUT2D eigenvalue weighted by atomic mass is 9.87. The summed E-state index contributed by atoms with van der Waals surface area (Å²) in [5, 5.41) is 4.64. The summed E-state index contributed by atoms with van der Waals surface area (Å²) < 4.78 is 2.01. The third kappa shape index (κ3) is 3.25. The van der Waals surface area contributed by atoms with Gasteiger partial charge in [-0.1, -0.05) is 45.0 Å². The van der Waals surface area contributed by atoms with Crippen molar-refractivity contribution in [3.8, 4) is 11.3 Å². The molecule has 0 saturated carbocycles. The second-order valence-electron chi connectivity index (χ2n) is 8.36. The number of nitrogens with zero attached hydrogens (tertiary/aromatic N) is 3. The van der Waals surface area contributed by atoms with E-state index in [1.165, 1.54) is 10.9 Å². The Balaban J connectivity index is 1.55. The van der Waals surface area contributed by atoms with Crippen molar-refractivity contribution in [3.63, 3.8) is 0 Å². The van der Waals surface area contributed by atoms with E-state index in [1.807, 2.05) is 23.0 Å². The molecule has 0 bridgehead atoms. The van der Waals surface area contributed by atoms with Crippen LogP contribution in [0.2, 0.25) is 0 Å². The predicted molar refractivity (Wildman–Crippen MR) is 119 cm³/mol. The monoisotopic (exact) mass is 381 g/mol. The molecule has 0 aliphatic heterocycles. The van der Waals surface area contributed by atoms with Gasteiger partial charge in [0.25, 0.3) is 0 Å². The lowest BCUT2D eigenvalue weighted by Crippen LogP contribution is -2.10. The Hall–Kier alpha value is -3.60. The quantitative estimate of drug-likeness (QED) is 0.408. The molecule has 5 nitrogen and oxygen atoms in total. The summed E-state index contributed by atoms with van der Waals surface area (Å²) in [5.74, 6) is 0.739. The molecule has 5 heteroatoms. The number of aromatic amines is 1. The van der Waals surface area contributed by atoms with Gasteiger partial charge in [-0.05, 0) is 40.6 Å². The van der Waals surface area contributed by atoms with Gasteiger partial charge in [0.1, 0.15) is 0 Å². The van der Waals surface area contributed by atoms with Crippen LogP contribution in [0.25, 0.3) is 27.8 Å². The molecule has 0 spiro atoms. The van der Waals surface area contributed by atoms with Gasteiger partial charge in [-0.3, -0.25) is 0 Å². The maximum atomic E-state index is 4.89. The van der Waals surface area contributed by atoms with Crippen molar-refractivity contribution in [1.29, 1.82) is 0 Å². The summed E-state index contributed by atoms with van der Waals surface area (Å²) in [6, 6.07) is 16.9. The molecule has 0 radical (unpaired) electrons. The van der Waals surface area contributed by atoms with Crippen molar-refractivity contribution in [1.82, 2.24) is 19.4 Å². The molecule has 29 heavy (non-hydrogen) atoms. The second kappa shape index (κ2) is 6.48. The van der Waals surface area contributed by atoms with Gasteiger partial charge in [-0.25, -0.2) is 9.97 Å². The highest BCUT2D eigenvalue weighted by Gasteiger charge is 2.14. The van der Waals surface area contributed by atoms with E-state index in [1.54, 1.807) is 6.20 Å². The first kappa shape index (κ1) is 17.5. The van der Waals surface area contributed by atoms with Gasteiger partial charge in [0.05, 0.1) is 5.69 Å². The van der Waals surface area contributed by atoms with E-state index in [2.05, 4.69) is 84.6 Å². The molecule has 3 heterocycles. The highest BCUT2D eigenvalue weighted by Crippen LogP contribution is 2.28. The minimum absolute atomic E-state index is 0.128. The fourth-order valence-electron chi connectivity index (χ4n) is 3.55. The summed E-state index contributed by atoms with van der Waals surface area (Å²) in [6.45, 7) is 6.65. The van der Waals surface area contributed by atoms with Crippen molar-refractivity contribution in [2.45, 2.75) is 26.2 Å². The van der Waals surface area contributed by atoms with Crippen molar-refractivity contribution in [2.24, 2.45) is 0 Å². The number of fused-ring (bicyclic) bond motifs is 2. The van der Waals surface area contributed by atoms with E-state index in [0.29, 0.717) is 0 Å². The molecule has 2 N–H and O–H groups in total. The standard InChI is InChI=1S/C24H23N5/c1-24(2,3)18-6-8-19(9-7-18)27-22-23-26-12-13-29(23)15-21(28-22)17-5-4-16-10-11-25-20(16)14-17/h4-15,25H,1-3H3,(H,27,28). The Bertz CT molecular complexity index is 1300. The maximum Gasteiger partial charge on any atom is 0.180 e. The Labute approximate surface area is 169 Å². The largest absolute Gasteiger partial charge is 0.361 e. The Morgan fingerprint density at radius 1 is 1.00 bits per heavy atom. The fraction of sp³-hybridized carbons (Fsp3) is 0.167. The van der Waals surface area contributed by atoms with Crippen LogP contribution in [0.1, 0.15) is 26.3 Å². The third-order valence-corrected chi connectivity index (χ3v) is 5.24. The van der Waals surface area contributed by atoms with Crippen LogP contribution in [0.15, 0.2) is 73.3 Å². The van der Waals surface area contributed by atoms with Gasteiger partial charge < -0.3 is 14.7 Å². The molecule has 0 aliphatic rings. The minimum atomic E-state index is 0.128. The van der Waals surface area contributed by atoms with Crippen LogP contribution in [0.5, 0.6) is 0 Å². The molecule has 5 rings (SSSR count). The third-order valence-electron chi connectivity index (χ3n) is 5.24. The number of anilines is 2. The summed E-state index contributed by atoms with van der Waals surface area (Å²) in [7, 11) is 0. The minimum Gasteiger partial charge on any atom is -0.361 e. The molecule has 3 aromatic heterocycles. The Morgan fingerprint density at radius 2 is 1.83 bits per heavy atom. The van der Waals surface area contributed by atoms with Crippen LogP contribution in [0.3, 0.4) is 0 Å². The van der Waals surface area contributed by atoms with Gasteiger partial charge >= 0.3 is 0 Å². The van der Waals surface area contributed by atoms with Crippen molar-refractivity contribution < 1.29 is 0 Å². The summed E-state index contributed by atoms with van der Waals surface area (Å²) in [5.41, 5.74) is 6.27. The zero-order valence-electron chi connectivity index (χ0n) is 16.8. The summed E-state index contributed by atoms with van der Waals surface area (Å²) >= 11 is 0. The number of hydrogen-bond acceptors (Lipinski definition) is 3. The van der Waals surface area contributed by atoms with Crippen LogP contribution >= 0.6 is 0 Å². The van der Waals surface area contributed by atoms with Gasteiger partial charge in [0.2, 0.25) is 0 Å². The smallest absolute Gasteiger partial charge is 0.180 e. The number of rotatable bonds is 3. The second-order valence-corrected chi connectivity index (χ2v) is 8.36. The highest BCUT2D eigenvalue weighted by atomic mass is 15.1. The molecule has 5 aromatic rings. The van der Waals surface area contributed by atoms with Crippen LogP contribution in [0.4, 0.5) is 11.5 Å². The molecule has 144 valence electrons. The van der Waals surface area contributed by atoms with E-state index >= 15 is 0 Å². The lowest BCUT2D eigenvalue weighted by molar-refractivity contribution is 0.590. The summed E-state index contributed by atoms with van der Waals surface area (Å²) in [4.78, 5) is 12.6. The Kier molecular flexibility index (Phi) is 3.91. The number of benzene rings is 2. The number of nitrogens with one attached hydrogen (secondary N) is 2. The lowest BCUT2D eigenvalue weighted by Gasteiger charge is -2.19. The van der Waals surface area contributed by atoms with Crippen LogP contribution in [-0.2, 0) is 5.41 Å². The van der Waals surface area contributed by atoms with Crippen LogP contribution in [0, 0.1) is 0 Å². The van der Waals surface area contributed by atoms with Gasteiger partial charge in [-0.2, -0.15) is 0 Å². The highest BCUT2D eigenvalue weighted by molar-refractivity contribution is 5.84. The van der Waals surface area contributed by atoms with Gasteiger partial charge in [0.15, 0.2) is 11.5 Å². The zero-order chi connectivity index (χ0) is 20.0. The molecular weight excluding hydrogens is 358 g/mol. The van der Waals surface area contributed by atoms with E-state index in [4.69, 9.17) is 4.98 Å². The molecule has 0 unspecified atom stereocenters. The number of H-pyrrole nitrogens is 1. The van der Waals surface area contributed by atoms with E-state index in [-0.39, 0.29) is 5.41 Å². The van der Waals surface area contributed by atoms with E-state index in [0.717, 1.165) is 33.9 Å². The van der Waals surface area contributed by atoms with E-state index in [9.17, 15) is 0 Å². The van der Waals surface area contributed by atoms with Gasteiger partial charge in [-0.15, -0.1) is 0 Å². The average Bonchev–Trinajstić information content (AvgIpc) is 3.36. The number of imidazole rings is 1. The van der Waals surface area contributed by atoms with Crippen LogP contribution < -0.4 is 5.32 Å². The molecule has 0 saturated heterocycles. The average molecular weight is 381 g/mol. The first-order valence-corrected chi connectivity index (χ1v) is 9.76. The summed E-state index contributed by atoms with van der Waals surface area (Å²) in [6.07, 6.45) is 7.71. The number of aromatic nitrogens is 4. The molecular formula is C24H23N5. The number of hydrogen-bond donors (Lipinski definition) is 2. The van der Waals surface area contributed by atoms with E-state index < -0.39 is 0 Å². The molecule has 2 aromatic carbocycles. The van der Waals surface area contributed by atoms with Gasteiger partial charge in [0, 0.05) is 41.6 Å². The first-order valence-electron chi connectivity index (χ1n) is 9.76. The predicted octanol–water partition coefficient (Wildman–Crippen LogP) is 5.92. The van der Waals surface area contributed by atoms with Crippen molar-refractivity contribution in [2.75, 3.05) is 5.32 Å². The topological polar surface area (TPSA) is 58.0 Å². The normalized spacial score (nSPS) is 12.0. The van der Waals surface area contributed by atoms with Crippen molar-refractivity contribution in [3.05, 3.63) is 78.9 Å². The first-order chi connectivity index (χ1) is 14.0. The zero-order valence-corrected chi connectivity index (χ0v) is 16.8. The fourth-order valence-corrected chi connectivity index (χ4v) is 3.55.